The van der Waals surface area contributed by atoms with E-state index in [-0.39, 0.29) is 23.1 Å². The van der Waals surface area contributed by atoms with Crippen molar-refractivity contribution >= 4 is 26.0 Å². The smallest absolute Gasteiger partial charge is 0.410 e. The Morgan fingerprint density at radius 3 is 2.31 bits per heavy atom. The van der Waals surface area contributed by atoms with Crippen molar-refractivity contribution in [2.75, 3.05) is 38.2 Å². The molecule has 1 aliphatic rings. The molecule has 0 aliphatic carbocycles. The zero-order valence-corrected chi connectivity index (χ0v) is 22.1. The van der Waals surface area contributed by atoms with E-state index in [2.05, 4.69) is 49.1 Å². The molecule has 1 aromatic heterocycles. The van der Waals surface area contributed by atoms with Crippen LogP contribution in [0.2, 0.25) is 18.1 Å². The van der Waals surface area contributed by atoms with Gasteiger partial charge in [-0.3, -0.25) is 9.69 Å². The number of aromatic nitrogens is 1. The lowest BCUT2D eigenvalue weighted by Crippen LogP contribution is -2.59. The van der Waals surface area contributed by atoms with E-state index in [0.29, 0.717) is 31.9 Å². The van der Waals surface area contributed by atoms with Gasteiger partial charge < -0.3 is 19.4 Å². The first kappa shape index (κ1) is 26.1. The molecule has 2 rings (SSSR count). The number of anilines is 1. The third kappa shape index (κ3) is 6.68. The highest BCUT2D eigenvalue weighted by Crippen LogP contribution is 2.37. The molecule has 180 valence electrons. The molecule has 32 heavy (non-hydrogen) atoms. The van der Waals surface area contributed by atoms with Crippen LogP contribution in [0, 0.1) is 0 Å². The molecule has 1 N–H and O–H groups in total. The Kier molecular flexibility index (Phi) is 7.99. The summed E-state index contributed by atoms with van der Waals surface area (Å²) in [5.74, 6) is -0.216. The van der Waals surface area contributed by atoms with Gasteiger partial charge in [0.2, 0.25) is 0 Å². The Morgan fingerprint density at radius 2 is 1.81 bits per heavy atom. The van der Waals surface area contributed by atoms with Gasteiger partial charge >= 0.3 is 6.09 Å². The van der Waals surface area contributed by atoms with Crippen LogP contribution in [0.1, 0.15) is 52.0 Å². The number of carbonyl (C=O) groups excluding carboxylic acids is 2. The van der Waals surface area contributed by atoms with Crippen LogP contribution in [0.5, 0.6) is 0 Å². The third-order valence-electron chi connectivity index (χ3n) is 6.13. The maximum absolute atomic E-state index is 12.9. The Morgan fingerprint density at radius 1 is 1.16 bits per heavy atom. The standard InChI is InChI=1S/C23H40N4O4Si/c1-22(2,3)31-21(29)27-13-12-26(17-10-11-19(25-14-17)20(28)24-7)15-18(27)16-30-32(8,9)23(4,5)6/h10-11,14,18H,12-13,15-16H2,1-9H3,(H,24,28)/t18-/m0/s1. The van der Waals surface area contributed by atoms with Crippen LogP contribution in [0.4, 0.5) is 10.5 Å². The maximum Gasteiger partial charge on any atom is 0.410 e. The van der Waals surface area contributed by atoms with Crippen LogP contribution >= 0.6 is 0 Å². The molecule has 9 heteroatoms. The number of piperazine rings is 1. The van der Waals surface area contributed by atoms with Gasteiger partial charge in [0.15, 0.2) is 8.32 Å². The number of hydrogen-bond acceptors (Lipinski definition) is 6. The molecule has 0 radical (unpaired) electrons. The summed E-state index contributed by atoms with van der Waals surface area (Å²) in [6.07, 6.45) is 1.40. The number of nitrogens with zero attached hydrogens (tertiary/aromatic N) is 3. The van der Waals surface area contributed by atoms with E-state index in [1.54, 1.807) is 24.2 Å². The van der Waals surface area contributed by atoms with E-state index in [9.17, 15) is 9.59 Å². The third-order valence-corrected chi connectivity index (χ3v) is 10.6. The molecule has 0 spiro atoms. The van der Waals surface area contributed by atoms with E-state index < -0.39 is 13.9 Å². The van der Waals surface area contributed by atoms with Crippen LogP contribution in [-0.2, 0) is 9.16 Å². The lowest BCUT2D eigenvalue weighted by atomic mass is 10.1. The number of hydrogen-bond donors (Lipinski definition) is 1. The highest BCUT2D eigenvalue weighted by atomic mass is 28.4. The molecule has 0 unspecified atom stereocenters. The second-order valence-corrected chi connectivity index (χ2v) is 15.6. The van der Waals surface area contributed by atoms with Crippen molar-refractivity contribution in [3.05, 3.63) is 24.0 Å². The zero-order valence-electron chi connectivity index (χ0n) is 21.1. The summed E-state index contributed by atoms with van der Waals surface area (Å²) in [5, 5.41) is 2.66. The predicted molar refractivity (Wildman–Crippen MR) is 130 cm³/mol. The van der Waals surface area contributed by atoms with E-state index in [1.165, 1.54) is 0 Å². The number of carbonyl (C=O) groups is 2. The number of nitrogens with one attached hydrogen (secondary N) is 1. The van der Waals surface area contributed by atoms with Crippen molar-refractivity contribution in [3.8, 4) is 0 Å². The summed E-state index contributed by atoms with van der Waals surface area (Å²) in [6.45, 7) is 18.9. The topological polar surface area (TPSA) is 84.0 Å². The van der Waals surface area contributed by atoms with Gasteiger partial charge in [-0.15, -0.1) is 0 Å². The van der Waals surface area contributed by atoms with E-state index in [1.807, 2.05) is 26.8 Å². The van der Waals surface area contributed by atoms with Gasteiger partial charge in [-0.1, -0.05) is 20.8 Å². The molecule has 0 aromatic carbocycles. The summed E-state index contributed by atoms with van der Waals surface area (Å²) < 4.78 is 12.2. The minimum atomic E-state index is -1.98. The fourth-order valence-corrected chi connectivity index (χ4v) is 4.19. The fraction of sp³-hybridized carbons (Fsp3) is 0.696. The first-order chi connectivity index (χ1) is 14.6. The lowest BCUT2D eigenvalue weighted by Gasteiger charge is -2.44. The maximum atomic E-state index is 12.9. The molecule has 1 saturated heterocycles. The molecule has 2 heterocycles. The molecule has 1 aromatic rings. The van der Waals surface area contributed by atoms with E-state index in [0.717, 1.165) is 5.69 Å². The Bertz CT molecular complexity index is 800. The predicted octanol–water partition coefficient (Wildman–Crippen LogP) is 3.89. The summed E-state index contributed by atoms with van der Waals surface area (Å²) in [5.41, 5.74) is 0.735. The van der Waals surface area contributed by atoms with Crippen LogP contribution in [0.15, 0.2) is 18.3 Å². The molecule has 0 bridgehead atoms. The summed E-state index contributed by atoms with van der Waals surface area (Å²) >= 11 is 0. The van der Waals surface area contributed by atoms with Gasteiger partial charge in [-0.2, -0.15) is 0 Å². The van der Waals surface area contributed by atoms with Gasteiger partial charge in [-0.25, -0.2) is 9.78 Å². The number of amides is 2. The highest BCUT2D eigenvalue weighted by molar-refractivity contribution is 6.74. The van der Waals surface area contributed by atoms with E-state index >= 15 is 0 Å². The highest BCUT2D eigenvalue weighted by Gasteiger charge is 2.40. The van der Waals surface area contributed by atoms with Crippen molar-refractivity contribution < 1.29 is 18.8 Å². The van der Waals surface area contributed by atoms with Crippen LogP contribution in [-0.4, -0.2) is 75.1 Å². The van der Waals surface area contributed by atoms with Crippen molar-refractivity contribution in [2.45, 2.75) is 71.3 Å². The van der Waals surface area contributed by atoms with Gasteiger partial charge in [0.1, 0.15) is 11.3 Å². The molecule has 1 aliphatic heterocycles. The second-order valence-electron chi connectivity index (χ2n) is 10.8. The number of ether oxygens (including phenoxy) is 1. The Hall–Kier alpha value is -2.13. The summed E-state index contributed by atoms with van der Waals surface area (Å²) in [4.78, 5) is 33.0. The van der Waals surface area contributed by atoms with Crippen molar-refractivity contribution in [1.29, 1.82) is 0 Å². The molecule has 1 atom stereocenters. The Labute approximate surface area is 193 Å². The van der Waals surface area contributed by atoms with Crippen LogP contribution < -0.4 is 10.2 Å². The SMILES string of the molecule is CNC(=O)c1ccc(N2CCN(C(=O)OC(C)(C)C)[C@H](CO[Si](C)(C)C(C)(C)C)C2)cn1. The van der Waals surface area contributed by atoms with Crippen LogP contribution in [0.25, 0.3) is 0 Å². The Balaban J connectivity index is 2.20. The summed E-state index contributed by atoms with van der Waals surface area (Å²) in [7, 11) is -0.396. The van der Waals surface area contributed by atoms with Crippen molar-refractivity contribution in [3.63, 3.8) is 0 Å². The fourth-order valence-electron chi connectivity index (χ4n) is 3.15. The number of pyridine rings is 1. The van der Waals surface area contributed by atoms with Gasteiger partial charge in [0.05, 0.1) is 24.5 Å². The van der Waals surface area contributed by atoms with Crippen molar-refractivity contribution in [1.82, 2.24) is 15.2 Å². The molecular formula is C23H40N4O4Si. The first-order valence-corrected chi connectivity index (χ1v) is 14.1. The number of rotatable bonds is 5. The molecule has 8 nitrogen and oxygen atoms in total. The minimum absolute atomic E-state index is 0.0811. The van der Waals surface area contributed by atoms with Gasteiger partial charge in [0.25, 0.3) is 5.91 Å². The molecular weight excluding hydrogens is 424 g/mol. The monoisotopic (exact) mass is 464 g/mol. The van der Waals surface area contributed by atoms with E-state index in [4.69, 9.17) is 9.16 Å². The summed E-state index contributed by atoms with van der Waals surface area (Å²) in [6, 6.07) is 3.47. The average Bonchev–Trinajstić information content (AvgIpc) is 2.69. The lowest BCUT2D eigenvalue weighted by molar-refractivity contribution is 0.00782. The molecule has 2 amide bonds. The van der Waals surface area contributed by atoms with Gasteiger partial charge in [-0.05, 0) is 51.0 Å². The van der Waals surface area contributed by atoms with Crippen molar-refractivity contribution in [2.24, 2.45) is 0 Å². The second kappa shape index (κ2) is 9.78. The molecule has 1 fully saturated rings. The molecule has 0 saturated carbocycles. The van der Waals surface area contributed by atoms with Crippen LogP contribution in [0.3, 0.4) is 0 Å². The normalized spacial score (nSPS) is 17.8. The quantitative estimate of drug-likeness (QED) is 0.666. The zero-order chi connectivity index (χ0) is 24.3. The van der Waals surface area contributed by atoms with Gasteiger partial charge in [0, 0.05) is 26.7 Å². The largest absolute Gasteiger partial charge is 0.444 e. The average molecular weight is 465 g/mol. The minimum Gasteiger partial charge on any atom is -0.444 e. The first-order valence-electron chi connectivity index (χ1n) is 11.2.